The van der Waals surface area contributed by atoms with Crippen LogP contribution in [-0.2, 0) is 6.54 Å². The minimum atomic E-state index is -0.147. The summed E-state index contributed by atoms with van der Waals surface area (Å²) < 4.78 is 13.0. The summed E-state index contributed by atoms with van der Waals surface area (Å²) >= 11 is 0. The predicted octanol–water partition coefficient (Wildman–Crippen LogP) is 2.71. The number of rotatable bonds is 4. The molecular formula is C15H23FN2. The van der Waals surface area contributed by atoms with Crippen LogP contribution in [0.15, 0.2) is 18.2 Å². The highest BCUT2D eigenvalue weighted by Crippen LogP contribution is 2.13. The Morgan fingerprint density at radius 2 is 2.28 bits per heavy atom. The Kier molecular flexibility index (Phi) is 4.72. The SMILES string of the molecule is CCN1CCCC(NCc2ccc(F)cc2C)C1. The zero-order valence-electron chi connectivity index (χ0n) is 11.4. The summed E-state index contributed by atoms with van der Waals surface area (Å²) in [4.78, 5) is 2.48. The summed E-state index contributed by atoms with van der Waals surface area (Å²) in [6.45, 7) is 8.52. The van der Waals surface area contributed by atoms with Gasteiger partial charge in [0.15, 0.2) is 0 Å². The molecule has 1 atom stereocenters. The molecule has 0 spiro atoms. The molecule has 0 aliphatic carbocycles. The molecule has 100 valence electrons. The van der Waals surface area contributed by atoms with Crippen LogP contribution in [0.25, 0.3) is 0 Å². The lowest BCUT2D eigenvalue weighted by Gasteiger charge is -2.32. The Balaban J connectivity index is 1.87. The molecule has 1 aromatic carbocycles. The second-order valence-electron chi connectivity index (χ2n) is 5.18. The quantitative estimate of drug-likeness (QED) is 0.884. The molecule has 1 aromatic rings. The molecule has 1 N–H and O–H groups in total. The van der Waals surface area contributed by atoms with E-state index in [1.54, 1.807) is 12.1 Å². The molecule has 0 bridgehead atoms. The van der Waals surface area contributed by atoms with Gasteiger partial charge in [-0.15, -0.1) is 0 Å². The van der Waals surface area contributed by atoms with Crippen LogP contribution in [0, 0.1) is 12.7 Å². The van der Waals surface area contributed by atoms with Gasteiger partial charge in [-0.25, -0.2) is 4.39 Å². The largest absolute Gasteiger partial charge is 0.309 e. The number of benzene rings is 1. The van der Waals surface area contributed by atoms with E-state index >= 15 is 0 Å². The van der Waals surface area contributed by atoms with Crippen molar-refractivity contribution in [3.8, 4) is 0 Å². The van der Waals surface area contributed by atoms with Crippen LogP contribution < -0.4 is 5.32 Å². The maximum absolute atomic E-state index is 13.0. The molecule has 2 nitrogen and oxygen atoms in total. The van der Waals surface area contributed by atoms with Crippen molar-refractivity contribution in [1.82, 2.24) is 10.2 Å². The zero-order chi connectivity index (χ0) is 13.0. The lowest BCUT2D eigenvalue weighted by Crippen LogP contribution is -2.45. The molecule has 0 radical (unpaired) electrons. The van der Waals surface area contributed by atoms with Crippen LogP contribution in [0.2, 0.25) is 0 Å². The summed E-state index contributed by atoms with van der Waals surface area (Å²) in [6.07, 6.45) is 2.52. The number of halogens is 1. The Morgan fingerprint density at radius 1 is 1.44 bits per heavy atom. The first-order valence-electron chi connectivity index (χ1n) is 6.90. The van der Waals surface area contributed by atoms with Crippen molar-refractivity contribution in [1.29, 1.82) is 0 Å². The monoisotopic (exact) mass is 250 g/mol. The zero-order valence-corrected chi connectivity index (χ0v) is 11.4. The third kappa shape index (κ3) is 3.53. The number of hydrogen-bond donors (Lipinski definition) is 1. The number of aryl methyl sites for hydroxylation is 1. The van der Waals surface area contributed by atoms with Crippen LogP contribution in [0.5, 0.6) is 0 Å². The van der Waals surface area contributed by atoms with Crippen LogP contribution in [0.3, 0.4) is 0 Å². The van der Waals surface area contributed by atoms with Crippen LogP contribution in [0.1, 0.15) is 30.9 Å². The number of hydrogen-bond acceptors (Lipinski definition) is 2. The summed E-state index contributed by atoms with van der Waals surface area (Å²) in [5, 5.41) is 3.60. The van der Waals surface area contributed by atoms with E-state index in [9.17, 15) is 4.39 Å². The van der Waals surface area contributed by atoms with Crippen molar-refractivity contribution < 1.29 is 4.39 Å². The number of piperidine rings is 1. The molecule has 0 saturated carbocycles. The fourth-order valence-electron chi connectivity index (χ4n) is 2.62. The van der Waals surface area contributed by atoms with Crippen molar-refractivity contribution in [2.24, 2.45) is 0 Å². The van der Waals surface area contributed by atoms with Gasteiger partial charge < -0.3 is 10.2 Å². The van der Waals surface area contributed by atoms with Gasteiger partial charge in [0.1, 0.15) is 5.82 Å². The van der Waals surface area contributed by atoms with Gasteiger partial charge in [0.05, 0.1) is 0 Å². The van der Waals surface area contributed by atoms with Gasteiger partial charge in [0.25, 0.3) is 0 Å². The first-order chi connectivity index (χ1) is 8.69. The Labute approximate surface area is 109 Å². The average molecular weight is 250 g/mol. The Bertz CT molecular complexity index is 392. The summed E-state index contributed by atoms with van der Waals surface area (Å²) in [5.41, 5.74) is 2.23. The normalized spacial score (nSPS) is 21.2. The third-order valence-corrected chi connectivity index (χ3v) is 3.84. The van der Waals surface area contributed by atoms with E-state index in [0.29, 0.717) is 6.04 Å². The van der Waals surface area contributed by atoms with E-state index < -0.39 is 0 Å². The van der Waals surface area contributed by atoms with Gasteiger partial charge in [-0.2, -0.15) is 0 Å². The molecule has 0 aromatic heterocycles. The van der Waals surface area contributed by atoms with Gasteiger partial charge in [-0.1, -0.05) is 13.0 Å². The van der Waals surface area contributed by atoms with Gasteiger partial charge in [-0.3, -0.25) is 0 Å². The van der Waals surface area contributed by atoms with E-state index in [1.165, 1.54) is 24.9 Å². The maximum atomic E-state index is 13.0. The van der Waals surface area contributed by atoms with Crippen LogP contribution in [-0.4, -0.2) is 30.6 Å². The fraction of sp³-hybridized carbons (Fsp3) is 0.600. The average Bonchev–Trinajstić information content (AvgIpc) is 2.38. The van der Waals surface area contributed by atoms with Crippen molar-refractivity contribution in [2.75, 3.05) is 19.6 Å². The molecule has 1 fully saturated rings. The predicted molar refractivity (Wildman–Crippen MR) is 73.1 cm³/mol. The molecule has 1 heterocycles. The lowest BCUT2D eigenvalue weighted by atomic mass is 10.0. The first kappa shape index (κ1) is 13.5. The molecule has 2 rings (SSSR count). The minimum Gasteiger partial charge on any atom is -0.309 e. The van der Waals surface area contributed by atoms with Gasteiger partial charge in [0, 0.05) is 19.1 Å². The molecule has 0 amide bonds. The van der Waals surface area contributed by atoms with Gasteiger partial charge >= 0.3 is 0 Å². The van der Waals surface area contributed by atoms with E-state index in [4.69, 9.17) is 0 Å². The van der Waals surface area contributed by atoms with Crippen molar-refractivity contribution in [3.05, 3.63) is 35.1 Å². The summed E-state index contributed by atoms with van der Waals surface area (Å²) in [6, 6.07) is 5.61. The number of likely N-dealkylation sites (N-methyl/N-ethyl adjacent to an activating group) is 1. The van der Waals surface area contributed by atoms with Crippen molar-refractivity contribution >= 4 is 0 Å². The molecule has 1 aliphatic rings. The van der Waals surface area contributed by atoms with E-state index in [1.807, 2.05) is 13.0 Å². The topological polar surface area (TPSA) is 15.3 Å². The third-order valence-electron chi connectivity index (χ3n) is 3.84. The lowest BCUT2D eigenvalue weighted by molar-refractivity contribution is 0.198. The van der Waals surface area contributed by atoms with E-state index in [0.717, 1.165) is 25.2 Å². The summed E-state index contributed by atoms with van der Waals surface area (Å²) in [7, 11) is 0. The number of nitrogens with one attached hydrogen (secondary N) is 1. The second kappa shape index (κ2) is 6.30. The Morgan fingerprint density at radius 3 is 3.00 bits per heavy atom. The number of likely N-dealkylation sites (tertiary alicyclic amines) is 1. The first-order valence-corrected chi connectivity index (χ1v) is 6.90. The highest BCUT2D eigenvalue weighted by Gasteiger charge is 2.17. The Hall–Kier alpha value is -0.930. The molecular weight excluding hydrogens is 227 g/mol. The van der Waals surface area contributed by atoms with Crippen molar-refractivity contribution in [3.63, 3.8) is 0 Å². The smallest absolute Gasteiger partial charge is 0.123 e. The highest BCUT2D eigenvalue weighted by molar-refractivity contribution is 5.26. The van der Waals surface area contributed by atoms with Crippen LogP contribution >= 0.6 is 0 Å². The van der Waals surface area contributed by atoms with Crippen LogP contribution in [0.4, 0.5) is 4.39 Å². The minimum absolute atomic E-state index is 0.147. The summed E-state index contributed by atoms with van der Waals surface area (Å²) in [5.74, 6) is -0.147. The van der Waals surface area contributed by atoms with Crippen molar-refractivity contribution in [2.45, 2.75) is 39.3 Å². The highest BCUT2D eigenvalue weighted by atomic mass is 19.1. The van der Waals surface area contributed by atoms with Gasteiger partial charge in [0.2, 0.25) is 0 Å². The second-order valence-corrected chi connectivity index (χ2v) is 5.18. The molecule has 3 heteroatoms. The maximum Gasteiger partial charge on any atom is 0.123 e. The fourth-order valence-corrected chi connectivity index (χ4v) is 2.62. The van der Waals surface area contributed by atoms with Gasteiger partial charge in [-0.05, 0) is 56.1 Å². The van der Waals surface area contributed by atoms with E-state index in [-0.39, 0.29) is 5.82 Å². The van der Waals surface area contributed by atoms with E-state index in [2.05, 4.69) is 17.1 Å². The molecule has 18 heavy (non-hydrogen) atoms. The standard InChI is InChI=1S/C15H23FN2/c1-3-18-8-4-5-15(11-18)17-10-13-6-7-14(16)9-12(13)2/h6-7,9,15,17H,3-5,8,10-11H2,1-2H3. The molecule has 1 aliphatic heterocycles. The number of nitrogens with zero attached hydrogens (tertiary/aromatic N) is 1. The molecule has 1 saturated heterocycles. The molecule has 1 unspecified atom stereocenters.